The van der Waals surface area contributed by atoms with Crippen molar-refractivity contribution in [3.63, 3.8) is 0 Å². The van der Waals surface area contributed by atoms with Crippen LogP contribution in [0.4, 0.5) is 0 Å². The third kappa shape index (κ3) is 8.93. The van der Waals surface area contributed by atoms with Gasteiger partial charge >= 0.3 is 80.6 Å². The Kier molecular flexibility index (Phi) is 16.1. The third-order valence-corrected chi connectivity index (χ3v) is 11.5. The molecule has 0 unspecified atom stereocenters. The summed E-state index contributed by atoms with van der Waals surface area (Å²) in [6.07, 6.45) is 21.0. The summed E-state index contributed by atoms with van der Waals surface area (Å²) >= 11 is 3.36. The molecule has 0 N–H and O–H groups in total. The minimum atomic E-state index is 0. The topological polar surface area (TPSA) is 0 Å². The molecule has 1 saturated carbocycles. The Morgan fingerprint density at radius 3 is 1.19 bits per heavy atom. The molecule has 0 nitrogen and oxygen atoms in total. The number of rotatable bonds is 2. The number of benzene rings is 4. The van der Waals surface area contributed by atoms with Gasteiger partial charge < -0.3 is 0 Å². The molecular formula is C42H38Cl4Zr2-2. The summed E-state index contributed by atoms with van der Waals surface area (Å²) < 4.78 is 3.59. The van der Waals surface area contributed by atoms with E-state index in [9.17, 15) is 0 Å². The Balaban J connectivity index is 0.000000200. The van der Waals surface area contributed by atoms with Crippen molar-refractivity contribution >= 4 is 110 Å². The fraction of sp³-hybridized carbons (Fsp3) is 0.143. The van der Waals surface area contributed by atoms with Crippen LogP contribution >= 0.6 is 49.6 Å². The van der Waals surface area contributed by atoms with Gasteiger partial charge in [-0.25, -0.2) is 0 Å². The van der Waals surface area contributed by atoms with Crippen LogP contribution in [0, 0.1) is 0 Å². The molecular weight excluding hydrogens is 829 g/mol. The summed E-state index contributed by atoms with van der Waals surface area (Å²) in [5.41, 5.74) is 5.62. The van der Waals surface area contributed by atoms with Crippen molar-refractivity contribution in [3.8, 4) is 0 Å². The second-order valence-electron chi connectivity index (χ2n) is 11.9. The second kappa shape index (κ2) is 19.0. The molecule has 6 aromatic carbocycles. The van der Waals surface area contributed by atoms with Crippen molar-refractivity contribution in [2.24, 2.45) is 0 Å². The molecule has 3 aliphatic rings. The molecule has 0 aromatic heterocycles. The number of hydrogen-bond acceptors (Lipinski definition) is 0. The van der Waals surface area contributed by atoms with Gasteiger partial charge in [0.05, 0.1) is 0 Å². The summed E-state index contributed by atoms with van der Waals surface area (Å²) in [6.45, 7) is 0. The summed E-state index contributed by atoms with van der Waals surface area (Å²) in [6, 6.07) is 35.2. The van der Waals surface area contributed by atoms with Gasteiger partial charge in [-0.05, 0) is 12.8 Å². The molecule has 244 valence electrons. The molecule has 0 bridgehead atoms. The Bertz CT molecular complexity index is 2010. The fourth-order valence-electron chi connectivity index (χ4n) is 6.67. The summed E-state index contributed by atoms with van der Waals surface area (Å²) in [7, 11) is 0. The number of fused-ring (bicyclic) bond motifs is 6. The second-order valence-corrected chi connectivity index (χ2v) is 15.3. The van der Waals surface area contributed by atoms with E-state index in [-0.39, 0.29) is 49.6 Å². The summed E-state index contributed by atoms with van der Waals surface area (Å²) in [5.74, 6) is 0. The maximum atomic E-state index is 2.32. The van der Waals surface area contributed by atoms with Crippen LogP contribution in [-0.2, 0) is 48.5 Å². The van der Waals surface area contributed by atoms with Crippen molar-refractivity contribution in [2.75, 3.05) is 0 Å². The van der Waals surface area contributed by atoms with Gasteiger partial charge in [0.15, 0.2) is 0 Å². The van der Waals surface area contributed by atoms with Crippen molar-refractivity contribution in [1.82, 2.24) is 0 Å². The first-order valence-electron chi connectivity index (χ1n) is 15.6. The van der Waals surface area contributed by atoms with Gasteiger partial charge in [-0.2, -0.15) is 0 Å². The molecule has 3 aliphatic carbocycles. The number of allylic oxidation sites excluding steroid dienone is 8. The first kappa shape index (κ1) is 40.7. The predicted molar refractivity (Wildman–Crippen MR) is 215 cm³/mol. The van der Waals surface area contributed by atoms with Gasteiger partial charge in [-0.1, -0.05) is 132 Å². The zero-order valence-corrected chi connectivity index (χ0v) is 34.8. The molecule has 0 amide bonds. The van der Waals surface area contributed by atoms with E-state index in [1.807, 2.05) is 0 Å². The molecule has 48 heavy (non-hydrogen) atoms. The SMILES string of the molecule is C1=CCC(c2cccc3c2[cH-]c2ccccc23)=C1.C1=CCC(c2cccc3c2[cH-]c2ccccc23)=C1.Cl.Cl.Cl.Cl.[Zr]=[C]1CC[C](=[Zr])CC1. The molecule has 0 spiro atoms. The van der Waals surface area contributed by atoms with Gasteiger partial charge in [0.1, 0.15) is 0 Å². The van der Waals surface area contributed by atoms with Crippen LogP contribution in [0.2, 0.25) is 0 Å². The van der Waals surface area contributed by atoms with E-state index in [4.69, 9.17) is 0 Å². The Morgan fingerprint density at radius 2 is 0.812 bits per heavy atom. The molecule has 6 heteroatoms. The number of hydrogen-bond donors (Lipinski definition) is 0. The zero-order valence-electron chi connectivity index (χ0n) is 26.6. The molecule has 0 saturated heterocycles. The van der Waals surface area contributed by atoms with Gasteiger partial charge in [0, 0.05) is 0 Å². The molecule has 0 radical (unpaired) electrons. The Hall–Kier alpha value is -1.75. The Morgan fingerprint density at radius 1 is 0.438 bits per heavy atom. The van der Waals surface area contributed by atoms with Crippen LogP contribution < -0.4 is 0 Å². The quantitative estimate of drug-likeness (QED) is 0.152. The van der Waals surface area contributed by atoms with Crippen LogP contribution in [-0.4, -0.2) is 6.41 Å². The van der Waals surface area contributed by atoms with Gasteiger partial charge in [0.2, 0.25) is 0 Å². The molecule has 9 rings (SSSR count). The van der Waals surface area contributed by atoms with E-state index < -0.39 is 0 Å². The normalized spacial score (nSPS) is 14.5. The van der Waals surface area contributed by atoms with E-state index in [1.54, 1.807) is 54.9 Å². The van der Waals surface area contributed by atoms with Crippen LogP contribution in [0.5, 0.6) is 0 Å². The predicted octanol–water partition coefficient (Wildman–Crippen LogP) is 12.8. The van der Waals surface area contributed by atoms with E-state index in [1.165, 1.54) is 91.0 Å². The Labute approximate surface area is 338 Å². The van der Waals surface area contributed by atoms with Crippen molar-refractivity contribution in [2.45, 2.75) is 38.5 Å². The van der Waals surface area contributed by atoms with Crippen LogP contribution in [0.15, 0.2) is 134 Å². The van der Waals surface area contributed by atoms with Crippen molar-refractivity contribution in [1.29, 1.82) is 0 Å². The fourth-order valence-corrected chi connectivity index (χ4v) is 7.90. The van der Waals surface area contributed by atoms with Crippen LogP contribution in [0.3, 0.4) is 0 Å². The van der Waals surface area contributed by atoms with E-state index in [2.05, 4.69) is 134 Å². The maximum absolute atomic E-state index is 2.32. The molecule has 0 heterocycles. The summed E-state index contributed by atoms with van der Waals surface area (Å²) in [5, 5.41) is 10.9. The average molecular weight is 867 g/mol. The zero-order chi connectivity index (χ0) is 29.9. The van der Waals surface area contributed by atoms with Gasteiger partial charge in [-0.3, -0.25) is 0 Å². The van der Waals surface area contributed by atoms with E-state index in [0.717, 1.165) is 12.8 Å². The van der Waals surface area contributed by atoms with Crippen LogP contribution in [0.1, 0.15) is 49.7 Å². The average Bonchev–Trinajstić information content (AvgIpc) is 3.88. The van der Waals surface area contributed by atoms with E-state index >= 15 is 0 Å². The van der Waals surface area contributed by atoms with E-state index in [0.29, 0.717) is 0 Å². The minimum absolute atomic E-state index is 0. The van der Waals surface area contributed by atoms with Gasteiger partial charge in [0.25, 0.3) is 0 Å². The van der Waals surface area contributed by atoms with Crippen molar-refractivity contribution < 1.29 is 48.5 Å². The first-order valence-corrected chi connectivity index (χ1v) is 18.1. The first-order chi connectivity index (χ1) is 21.7. The monoisotopic (exact) mass is 862 g/mol. The molecule has 1 fully saturated rings. The molecule has 0 atom stereocenters. The van der Waals surface area contributed by atoms with Crippen LogP contribution in [0.25, 0.3) is 54.2 Å². The molecule has 6 aromatic rings. The summed E-state index contributed by atoms with van der Waals surface area (Å²) in [4.78, 5) is 0. The number of halogens is 4. The van der Waals surface area contributed by atoms with Crippen molar-refractivity contribution in [3.05, 3.63) is 145 Å². The van der Waals surface area contributed by atoms with Gasteiger partial charge in [-0.15, -0.1) is 117 Å². The molecule has 0 aliphatic heterocycles. The third-order valence-electron chi connectivity index (χ3n) is 9.01. The standard InChI is InChI=1S/2C18H13.C6H8.4ClH.2Zr/c2*1-2-7-13(6-1)15-10-5-11-17-16-9-4-3-8-14(16)12-18(15)17;1-2-4-6-5-3-1;;;;;;/h2*1-6,8-12H,7H2;1-2,5-6H2;4*1H;;/q2*-1;;;;;;;.